The van der Waals surface area contributed by atoms with Gasteiger partial charge in [-0.1, -0.05) is 0 Å². The Bertz CT molecular complexity index is 484. The highest BCUT2D eigenvalue weighted by atomic mass is 16.5. The molecule has 1 fully saturated rings. The predicted molar refractivity (Wildman–Crippen MR) is 68.4 cm³/mol. The van der Waals surface area contributed by atoms with Crippen molar-refractivity contribution in [3.63, 3.8) is 0 Å². The first-order valence-electron chi connectivity index (χ1n) is 6.17. The van der Waals surface area contributed by atoms with Crippen LogP contribution in [0.15, 0.2) is 0 Å². The maximum Gasteiger partial charge on any atom is 0.169 e. The van der Waals surface area contributed by atoms with Gasteiger partial charge < -0.3 is 9.64 Å². The average Bonchev–Trinajstić information content (AvgIpc) is 2.31. The first-order chi connectivity index (χ1) is 8.52. The molecule has 5 heteroatoms. The molecule has 5 nitrogen and oxygen atoms in total. The van der Waals surface area contributed by atoms with Gasteiger partial charge in [0.15, 0.2) is 5.82 Å². The molecule has 18 heavy (non-hydrogen) atoms. The van der Waals surface area contributed by atoms with E-state index in [1.807, 2.05) is 27.7 Å². The van der Waals surface area contributed by atoms with E-state index in [0.29, 0.717) is 11.4 Å². The van der Waals surface area contributed by atoms with Gasteiger partial charge in [-0.2, -0.15) is 10.4 Å². The van der Waals surface area contributed by atoms with Gasteiger partial charge in [-0.3, -0.25) is 0 Å². The lowest BCUT2D eigenvalue weighted by Crippen LogP contribution is -2.46. The van der Waals surface area contributed by atoms with E-state index in [4.69, 9.17) is 4.74 Å². The van der Waals surface area contributed by atoms with Crippen molar-refractivity contribution >= 4 is 5.82 Å². The van der Waals surface area contributed by atoms with Crippen LogP contribution in [0.25, 0.3) is 0 Å². The molecule has 1 aromatic rings. The summed E-state index contributed by atoms with van der Waals surface area (Å²) in [5, 5.41) is 17.6. The highest BCUT2D eigenvalue weighted by molar-refractivity contribution is 5.57. The van der Waals surface area contributed by atoms with Crippen molar-refractivity contribution in [1.29, 1.82) is 5.26 Å². The van der Waals surface area contributed by atoms with E-state index in [1.165, 1.54) is 0 Å². The van der Waals surface area contributed by atoms with Gasteiger partial charge in [-0.05, 0) is 33.3 Å². The zero-order valence-electron chi connectivity index (χ0n) is 11.3. The molecule has 0 N–H and O–H groups in total. The molecule has 0 saturated carbocycles. The van der Waals surface area contributed by atoms with E-state index in [1.54, 1.807) is 0 Å². The molecule has 96 valence electrons. The van der Waals surface area contributed by atoms with E-state index in [2.05, 4.69) is 21.2 Å². The molecule has 2 rings (SSSR count). The Hall–Kier alpha value is -1.67. The summed E-state index contributed by atoms with van der Waals surface area (Å²) in [4.78, 5) is 2.09. The zero-order valence-corrected chi connectivity index (χ0v) is 11.3. The molecule has 0 radical (unpaired) electrons. The van der Waals surface area contributed by atoms with Gasteiger partial charge in [0.1, 0.15) is 11.6 Å². The summed E-state index contributed by atoms with van der Waals surface area (Å²) < 4.78 is 5.69. The van der Waals surface area contributed by atoms with Gasteiger partial charge in [-0.25, -0.2) is 0 Å². The molecule has 2 atom stereocenters. The van der Waals surface area contributed by atoms with Crippen LogP contribution in [0.5, 0.6) is 0 Å². The molecular formula is C13H18N4O. The quantitative estimate of drug-likeness (QED) is 0.752. The summed E-state index contributed by atoms with van der Waals surface area (Å²) in [6.07, 6.45) is 0.285. The minimum atomic E-state index is 0.142. The van der Waals surface area contributed by atoms with Crippen molar-refractivity contribution in [2.45, 2.75) is 39.9 Å². The van der Waals surface area contributed by atoms with E-state index in [9.17, 15) is 5.26 Å². The van der Waals surface area contributed by atoms with Crippen molar-refractivity contribution in [2.24, 2.45) is 0 Å². The Morgan fingerprint density at radius 1 is 1.22 bits per heavy atom. The molecule has 2 heterocycles. The summed E-state index contributed by atoms with van der Waals surface area (Å²) in [7, 11) is 0. The average molecular weight is 246 g/mol. The standard InChI is InChI=1S/C13H18N4O/c1-8-6-17(7-9(2)18-8)13-12(5-14)10(3)11(4)15-16-13/h8-9H,6-7H2,1-4H3/t8-,9-/m0/s1. The fraction of sp³-hybridized carbons (Fsp3) is 0.615. The number of rotatable bonds is 1. The number of aromatic nitrogens is 2. The van der Waals surface area contributed by atoms with Crippen LogP contribution in [0.3, 0.4) is 0 Å². The molecule has 0 amide bonds. The van der Waals surface area contributed by atoms with Crippen LogP contribution in [-0.4, -0.2) is 35.5 Å². The van der Waals surface area contributed by atoms with Crippen LogP contribution < -0.4 is 4.90 Å². The van der Waals surface area contributed by atoms with E-state index in [0.717, 1.165) is 24.3 Å². The summed E-state index contributed by atoms with van der Waals surface area (Å²) in [6.45, 7) is 9.34. The molecule has 1 aromatic heterocycles. The first-order valence-corrected chi connectivity index (χ1v) is 6.17. The molecular weight excluding hydrogens is 228 g/mol. The molecule has 0 spiro atoms. The van der Waals surface area contributed by atoms with Crippen LogP contribution in [0.2, 0.25) is 0 Å². The fourth-order valence-electron chi connectivity index (χ4n) is 2.30. The largest absolute Gasteiger partial charge is 0.372 e. The van der Waals surface area contributed by atoms with Gasteiger partial charge in [0.2, 0.25) is 0 Å². The fourth-order valence-corrected chi connectivity index (χ4v) is 2.30. The van der Waals surface area contributed by atoms with Crippen molar-refractivity contribution in [1.82, 2.24) is 10.2 Å². The van der Waals surface area contributed by atoms with Crippen molar-refractivity contribution in [3.8, 4) is 6.07 Å². The van der Waals surface area contributed by atoms with Gasteiger partial charge in [0, 0.05) is 13.1 Å². The lowest BCUT2D eigenvalue weighted by Gasteiger charge is -2.36. The maximum absolute atomic E-state index is 9.31. The smallest absolute Gasteiger partial charge is 0.169 e. The Morgan fingerprint density at radius 2 is 1.83 bits per heavy atom. The van der Waals surface area contributed by atoms with Crippen LogP contribution in [0.1, 0.15) is 30.7 Å². The summed E-state index contributed by atoms with van der Waals surface area (Å²) in [5.41, 5.74) is 2.35. The molecule has 0 bridgehead atoms. The molecule has 1 aliphatic heterocycles. The lowest BCUT2D eigenvalue weighted by atomic mass is 10.1. The third kappa shape index (κ3) is 2.29. The maximum atomic E-state index is 9.31. The topological polar surface area (TPSA) is 62.0 Å². The SMILES string of the molecule is Cc1nnc(N2C[C@H](C)O[C@@H](C)C2)c(C#N)c1C. The normalized spacial score (nSPS) is 23.8. The molecule has 0 aromatic carbocycles. The number of ether oxygens (including phenoxy) is 1. The number of hydrogen-bond donors (Lipinski definition) is 0. The highest BCUT2D eigenvalue weighted by Crippen LogP contribution is 2.24. The summed E-state index contributed by atoms with van der Waals surface area (Å²) in [6, 6.07) is 2.25. The van der Waals surface area contributed by atoms with E-state index >= 15 is 0 Å². The Kier molecular flexibility index (Phi) is 3.48. The Labute approximate surface area is 107 Å². The molecule has 1 saturated heterocycles. The van der Waals surface area contributed by atoms with Crippen LogP contribution >= 0.6 is 0 Å². The van der Waals surface area contributed by atoms with Gasteiger partial charge in [-0.15, -0.1) is 5.10 Å². The number of hydrogen-bond acceptors (Lipinski definition) is 5. The second-order valence-electron chi connectivity index (χ2n) is 4.88. The van der Waals surface area contributed by atoms with Gasteiger partial charge in [0.25, 0.3) is 0 Å². The summed E-state index contributed by atoms with van der Waals surface area (Å²) >= 11 is 0. The Balaban J connectivity index is 2.39. The monoisotopic (exact) mass is 246 g/mol. The molecule has 0 unspecified atom stereocenters. The zero-order chi connectivity index (χ0) is 13.3. The number of anilines is 1. The Morgan fingerprint density at radius 3 is 2.39 bits per heavy atom. The second-order valence-corrected chi connectivity index (χ2v) is 4.88. The molecule has 1 aliphatic rings. The summed E-state index contributed by atoms with van der Waals surface area (Å²) in [5.74, 6) is 0.683. The second kappa shape index (κ2) is 4.91. The number of aryl methyl sites for hydroxylation is 1. The van der Waals surface area contributed by atoms with E-state index < -0.39 is 0 Å². The minimum Gasteiger partial charge on any atom is -0.372 e. The van der Waals surface area contributed by atoms with Crippen LogP contribution in [0.4, 0.5) is 5.82 Å². The number of morpholine rings is 1. The third-order valence-electron chi connectivity index (χ3n) is 3.27. The number of nitrogens with zero attached hydrogens (tertiary/aromatic N) is 4. The van der Waals surface area contributed by atoms with Crippen molar-refractivity contribution in [3.05, 3.63) is 16.8 Å². The van der Waals surface area contributed by atoms with Gasteiger partial charge in [0.05, 0.1) is 17.9 Å². The molecule has 0 aliphatic carbocycles. The van der Waals surface area contributed by atoms with Crippen molar-refractivity contribution < 1.29 is 4.74 Å². The first kappa shape index (κ1) is 12.8. The van der Waals surface area contributed by atoms with Crippen molar-refractivity contribution in [2.75, 3.05) is 18.0 Å². The van der Waals surface area contributed by atoms with E-state index in [-0.39, 0.29) is 12.2 Å². The lowest BCUT2D eigenvalue weighted by molar-refractivity contribution is -0.00552. The van der Waals surface area contributed by atoms with Crippen LogP contribution in [-0.2, 0) is 4.74 Å². The highest BCUT2D eigenvalue weighted by Gasteiger charge is 2.26. The minimum absolute atomic E-state index is 0.142. The predicted octanol–water partition coefficient (Wildman–Crippen LogP) is 1.58. The van der Waals surface area contributed by atoms with Gasteiger partial charge >= 0.3 is 0 Å². The third-order valence-corrected chi connectivity index (χ3v) is 3.27. The van der Waals surface area contributed by atoms with Crippen LogP contribution in [0, 0.1) is 25.2 Å². The number of nitriles is 1.